The average Bonchev–Trinajstić information content (AvgIpc) is 2.29. The zero-order valence-electron chi connectivity index (χ0n) is 10.6. The molecule has 0 unspecified atom stereocenters. The first-order chi connectivity index (χ1) is 7.61. The van der Waals surface area contributed by atoms with E-state index in [1.165, 1.54) is 5.56 Å². The van der Waals surface area contributed by atoms with Gasteiger partial charge in [0.15, 0.2) is 0 Å². The number of carbonyl (C=O) groups is 1. The van der Waals surface area contributed by atoms with Crippen molar-refractivity contribution in [1.82, 2.24) is 0 Å². The van der Waals surface area contributed by atoms with Crippen LogP contribution in [0.4, 0.5) is 0 Å². The minimum absolute atomic E-state index is 0. The minimum atomic E-state index is -0.296. The van der Waals surface area contributed by atoms with Gasteiger partial charge in [0.2, 0.25) is 0 Å². The maximum Gasteiger partial charge on any atom is 0.149 e. The van der Waals surface area contributed by atoms with Crippen molar-refractivity contribution in [1.29, 1.82) is 0 Å². The molecule has 1 aromatic carbocycles. The molecule has 0 aliphatic heterocycles. The predicted molar refractivity (Wildman–Crippen MR) is 74.4 cm³/mol. The molecule has 0 bridgehead atoms. The summed E-state index contributed by atoms with van der Waals surface area (Å²) in [6, 6.07) is 9.94. The van der Waals surface area contributed by atoms with Crippen molar-refractivity contribution >= 4 is 18.2 Å². The van der Waals surface area contributed by atoms with Gasteiger partial charge in [-0.15, -0.1) is 12.4 Å². The van der Waals surface area contributed by atoms with Gasteiger partial charge in [-0.1, -0.05) is 44.2 Å². The summed E-state index contributed by atoms with van der Waals surface area (Å²) in [4.78, 5) is 11.6. The largest absolute Gasteiger partial charge is 0.321 e. The molecule has 0 aliphatic rings. The van der Waals surface area contributed by atoms with Crippen LogP contribution in [0.3, 0.4) is 0 Å². The Balaban J connectivity index is 0.00000256. The van der Waals surface area contributed by atoms with E-state index < -0.39 is 0 Å². The Morgan fingerprint density at radius 2 is 1.82 bits per heavy atom. The van der Waals surface area contributed by atoms with Crippen LogP contribution in [0.25, 0.3) is 0 Å². The average molecular weight is 256 g/mol. The van der Waals surface area contributed by atoms with Crippen molar-refractivity contribution in [3.05, 3.63) is 35.9 Å². The van der Waals surface area contributed by atoms with Crippen molar-refractivity contribution < 1.29 is 4.79 Å². The van der Waals surface area contributed by atoms with Crippen molar-refractivity contribution in [3.8, 4) is 0 Å². The molecule has 1 rings (SSSR count). The molecule has 0 aromatic heterocycles. The first-order valence-electron chi connectivity index (χ1n) is 5.93. The molecule has 0 heterocycles. The molecular formula is C14H22ClNO. The second-order valence-corrected chi connectivity index (χ2v) is 4.58. The lowest BCUT2D eigenvalue weighted by atomic mass is 9.96. The van der Waals surface area contributed by atoms with Crippen LogP contribution in [0.1, 0.15) is 32.3 Å². The predicted octanol–water partition coefficient (Wildman–Crippen LogP) is 2.98. The maximum atomic E-state index is 11.6. The lowest BCUT2D eigenvalue weighted by molar-refractivity contribution is -0.121. The zero-order chi connectivity index (χ0) is 12.0. The number of hydrogen-bond acceptors (Lipinski definition) is 2. The molecule has 1 atom stereocenters. The van der Waals surface area contributed by atoms with Gasteiger partial charge in [0, 0.05) is 6.42 Å². The van der Waals surface area contributed by atoms with Crippen LogP contribution < -0.4 is 5.73 Å². The number of carbonyl (C=O) groups excluding carboxylic acids is 1. The summed E-state index contributed by atoms with van der Waals surface area (Å²) in [6.45, 7) is 3.97. The van der Waals surface area contributed by atoms with E-state index in [1.54, 1.807) is 0 Å². The number of halogens is 1. The molecule has 96 valence electrons. The third kappa shape index (κ3) is 5.85. The molecule has 0 spiro atoms. The van der Waals surface area contributed by atoms with Gasteiger partial charge in [0.05, 0.1) is 6.04 Å². The third-order valence-electron chi connectivity index (χ3n) is 2.82. The van der Waals surface area contributed by atoms with E-state index in [2.05, 4.69) is 12.1 Å². The topological polar surface area (TPSA) is 43.1 Å². The molecule has 17 heavy (non-hydrogen) atoms. The fraction of sp³-hybridized carbons (Fsp3) is 0.500. The highest BCUT2D eigenvalue weighted by Gasteiger charge is 2.16. The van der Waals surface area contributed by atoms with Crippen molar-refractivity contribution in [3.63, 3.8) is 0 Å². The number of ketones is 1. The molecule has 0 fully saturated rings. The van der Waals surface area contributed by atoms with E-state index in [9.17, 15) is 4.79 Å². The molecule has 0 saturated carbocycles. The summed E-state index contributed by atoms with van der Waals surface area (Å²) >= 11 is 0. The van der Waals surface area contributed by atoms with Crippen molar-refractivity contribution in [2.24, 2.45) is 11.7 Å². The SMILES string of the molecule is CC(C)[C@@H](N)C(=O)CCCc1ccccc1.Cl. The van der Waals surface area contributed by atoms with E-state index >= 15 is 0 Å². The molecule has 0 saturated heterocycles. The fourth-order valence-electron chi connectivity index (χ4n) is 1.65. The second-order valence-electron chi connectivity index (χ2n) is 4.58. The molecule has 0 amide bonds. The number of rotatable bonds is 6. The second kappa shape index (κ2) is 8.26. The molecular weight excluding hydrogens is 234 g/mol. The molecule has 0 radical (unpaired) electrons. The van der Waals surface area contributed by atoms with Gasteiger partial charge >= 0.3 is 0 Å². The Bertz CT molecular complexity index is 324. The minimum Gasteiger partial charge on any atom is -0.321 e. The molecule has 2 nitrogen and oxygen atoms in total. The Labute approximate surface area is 110 Å². The van der Waals surface area contributed by atoms with Crippen LogP contribution in [0.15, 0.2) is 30.3 Å². The smallest absolute Gasteiger partial charge is 0.149 e. The van der Waals surface area contributed by atoms with Gasteiger partial charge in [-0.25, -0.2) is 0 Å². The normalized spacial score (nSPS) is 12.0. The van der Waals surface area contributed by atoms with Gasteiger partial charge in [-0.2, -0.15) is 0 Å². The summed E-state index contributed by atoms with van der Waals surface area (Å²) in [6.07, 6.45) is 2.44. The van der Waals surface area contributed by atoms with Crippen LogP contribution in [-0.4, -0.2) is 11.8 Å². The van der Waals surface area contributed by atoms with E-state index in [4.69, 9.17) is 5.73 Å². The lowest BCUT2D eigenvalue weighted by Crippen LogP contribution is -2.35. The lowest BCUT2D eigenvalue weighted by Gasteiger charge is -2.13. The first-order valence-corrected chi connectivity index (χ1v) is 5.93. The van der Waals surface area contributed by atoms with Crippen LogP contribution in [0.5, 0.6) is 0 Å². The number of Topliss-reactive ketones (excluding diaryl/α,β-unsaturated/α-hetero) is 1. The fourth-order valence-corrected chi connectivity index (χ4v) is 1.65. The van der Waals surface area contributed by atoms with Crippen LogP contribution in [0, 0.1) is 5.92 Å². The Morgan fingerprint density at radius 1 is 1.24 bits per heavy atom. The first kappa shape index (κ1) is 16.1. The van der Waals surface area contributed by atoms with Gasteiger partial charge in [0.1, 0.15) is 5.78 Å². The van der Waals surface area contributed by atoms with E-state index in [-0.39, 0.29) is 30.2 Å². The molecule has 2 N–H and O–H groups in total. The summed E-state index contributed by atoms with van der Waals surface area (Å²) in [5.74, 6) is 0.426. The van der Waals surface area contributed by atoms with Gasteiger partial charge in [0.25, 0.3) is 0 Å². The maximum absolute atomic E-state index is 11.6. The van der Waals surface area contributed by atoms with Crippen LogP contribution in [-0.2, 0) is 11.2 Å². The zero-order valence-corrected chi connectivity index (χ0v) is 11.4. The summed E-state index contributed by atoms with van der Waals surface area (Å²) in [7, 11) is 0. The third-order valence-corrected chi connectivity index (χ3v) is 2.82. The van der Waals surface area contributed by atoms with Crippen LogP contribution in [0.2, 0.25) is 0 Å². The Kier molecular flexibility index (Phi) is 7.85. The summed E-state index contributed by atoms with van der Waals surface area (Å²) in [5, 5.41) is 0. The Hall–Kier alpha value is -0.860. The van der Waals surface area contributed by atoms with Gasteiger partial charge < -0.3 is 5.73 Å². The summed E-state index contributed by atoms with van der Waals surface area (Å²) < 4.78 is 0. The van der Waals surface area contributed by atoms with E-state index in [0.29, 0.717) is 6.42 Å². The summed E-state index contributed by atoms with van der Waals surface area (Å²) in [5.41, 5.74) is 7.08. The van der Waals surface area contributed by atoms with Crippen molar-refractivity contribution in [2.75, 3.05) is 0 Å². The van der Waals surface area contributed by atoms with Gasteiger partial charge in [-0.05, 0) is 24.3 Å². The van der Waals surface area contributed by atoms with Crippen molar-refractivity contribution in [2.45, 2.75) is 39.2 Å². The molecule has 1 aromatic rings. The highest BCUT2D eigenvalue weighted by Crippen LogP contribution is 2.08. The standard InChI is InChI=1S/C14H21NO.ClH/c1-11(2)14(15)13(16)10-6-9-12-7-4-3-5-8-12;/h3-5,7-8,11,14H,6,9-10,15H2,1-2H3;1H/t14-;/m1./s1. The van der Waals surface area contributed by atoms with E-state index in [0.717, 1.165) is 12.8 Å². The monoisotopic (exact) mass is 255 g/mol. The quantitative estimate of drug-likeness (QED) is 0.849. The number of aryl methyl sites for hydroxylation is 1. The highest BCUT2D eigenvalue weighted by molar-refractivity contribution is 5.85. The number of hydrogen-bond donors (Lipinski definition) is 1. The van der Waals surface area contributed by atoms with E-state index in [1.807, 2.05) is 32.0 Å². The van der Waals surface area contributed by atoms with Gasteiger partial charge in [-0.3, -0.25) is 4.79 Å². The Morgan fingerprint density at radius 3 is 2.35 bits per heavy atom. The molecule has 0 aliphatic carbocycles. The highest BCUT2D eigenvalue weighted by atomic mass is 35.5. The number of benzene rings is 1. The van der Waals surface area contributed by atoms with Crippen LogP contribution >= 0.6 is 12.4 Å². The molecule has 3 heteroatoms. The number of nitrogens with two attached hydrogens (primary N) is 1.